The van der Waals surface area contributed by atoms with Gasteiger partial charge in [0, 0.05) is 0 Å². The van der Waals surface area contributed by atoms with Crippen molar-refractivity contribution in [3.8, 4) is 6.07 Å². The molecule has 0 spiro atoms. The Morgan fingerprint density at radius 2 is 1.19 bits per heavy atom. The molecular weight excluding hydrogens is 314 g/mol. The van der Waals surface area contributed by atoms with Crippen molar-refractivity contribution in [2.75, 3.05) is 0 Å². The van der Waals surface area contributed by atoms with Gasteiger partial charge in [-0.25, -0.2) is 0 Å². The lowest BCUT2D eigenvalue weighted by molar-refractivity contribution is 0.0842. The fourth-order valence-electron chi connectivity index (χ4n) is 5.82. The van der Waals surface area contributed by atoms with Crippen LogP contribution in [0.25, 0.3) is 0 Å². The van der Waals surface area contributed by atoms with Crippen LogP contribution in [0.4, 0.5) is 0 Å². The van der Waals surface area contributed by atoms with E-state index in [1.54, 1.807) is 0 Å². The average molecular weight is 360 g/mol. The molecule has 0 radical (unpaired) electrons. The molecule has 1 heteroatoms. The lowest BCUT2D eigenvalue weighted by atomic mass is 9.59. The van der Waals surface area contributed by atoms with Gasteiger partial charge in [0.1, 0.15) is 0 Å². The first-order valence-corrected chi connectivity index (χ1v) is 12.1. The second-order valence-electron chi connectivity index (χ2n) is 9.63. The van der Waals surface area contributed by atoms with Gasteiger partial charge in [0.2, 0.25) is 0 Å². The molecule has 1 nitrogen and oxygen atoms in total. The minimum absolute atomic E-state index is 0.0490. The third kappa shape index (κ3) is 6.58. The second kappa shape index (κ2) is 12.0. The summed E-state index contributed by atoms with van der Waals surface area (Å²) in [6, 6.07) is 2.86. The summed E-state index contributed by atoms with van der Waals surface area (Å²) >= 11 is 0. The van der Waals surface area contributed by atoms with E-state index >= 15 is 0 Å². The fraction of sp³-hybridized carbons (Fsp3) is 0.960. The van der Waals surface area contributed by atoms with Gasteiger partial charge in [0.15, 0.2) is 0 Å². The largest absolute Gasteiger partial charge is 0.198 e. The molecule has 2 saturated carbocycles. The SMILES string of the molecule is CCCCCCCC1CCC([C@]2(C#N)CC[C@@H](CCCCC)CC2)CC1. The van der Waals surface area contributed by atoms with Crippen LogP contribution < -0.4 is 0 Å². The molecule has 2 rings (SSSR count). The van der Waals surface area contributed by atoms with E-state index in [0.717, 1.165) is 11.8 Å². The molecular formula is C25H45N. The summed E-state index contributed by atoms with van der Waals surface area (Å²) in [4.78, 5) is 0. The lowest BCUT2D eigenvalue weighted by Crippen LogP contribution is -2.36. The molecule has 0 aromatic carbocycles. The first kappa shape index (κ1) is 21.8. The predicted molar refractivity (Wildman–Crippen MR) is 113 cm³/mol. The average Bonchev–Trinajstić information content (AvgIpc) is 2.69. The Kier molecular flexibility index (Phi) is 10.1. The summed E-state index contributed by atoms with van der Waals surface area (Å²) in [5, 5.41) is 10.0. The van der Waals surface area contributed by atoms with E-state index in [1.165, 1.54) is 116 Å². The van der Waals surface area contributed by atoms with E-state index in [9.17, 15) is 5.26 Å². The smallest absolute Gasteiger partial charge is 0.0692 e. The molecule has 0 bridgehead atoms. The summed E-state index contributed by atoms with van der Waals surface area (Å²) in [5.74, 6) is 2.59. The topological polar surface area (TPSA) is 23.8 Å². The molecule has 0 unspecified atom stereocenters. The Bertz CT molecular complexity index is 391. The molecule has 2 aliphatic carbocycles. The molecule has 0 N–H and O–H groups in total. The highest BCUT2D eigenvalue weighted by atomic mass is 14.5. The molecule has 0 atom stereocenters. The van der Waals surface area contributed by atoms with Gasteiger partial charge in [0.25, 0.3) is 0 Å². The zero-order valence-electron chi connectivity index (χ0n) is 17.9. The minimum Gasteiger partial charge on any atom is -0.198 e. The van der Waals surface area contributed by atoms with Crippen LogP contribution in [0.1, 0.15) is 129 Å². The van der Waals surface area contributed by atoms with E-state index in [1.807, 2.05) is 0 Å². The Hall–Kier alpha value is -0.510. The molecule has 0 amide bonds. The molecule has 0 aliphatic heterocycles. The summed E-state index contributed by atoms with van der Waals surface area (Å²) in [5.41, 5.74) is 0.0490. The van der Waals surface area contributed by atoms with Crippen molar-refractivity contribution in [1.29, 1.82) is 5.26 Å². The highest BCUT2D eigenvalue weighted by Gasteiger charge is 2.43. The van der Waals surface area contributed by atoms with Crippen molar-refractivity contribution in [2.45, 2.75) is 129 Å². The van der Waals surface area contributed by atoms with Crippen LogP contribution in [-0.2, 0) is 0 Å². The molecule has 0 aromatic rings. The zero-order valence-corrected chi connectivity index (χ0v) is 17.9. The van der Waals surface area contributed by atoms with Gasteiger partial charge in [-0.3, -0.25) is 0 Å². The molecule has 0 saturated heterocycles. The van der Waals surface area contributed by atoms with Crippen molar-refractivity contribution in [2.24, 2.45) is 23.2 Å². The van der Waals surface area contributed by atoms with Gasteiger partial charge in [-0.15, -0.1) is 0 Å². The summed E-state index contributed by atoms with van der Waals surface area (Å²) < 4.78 is 0. The van der Waals surface area contributed by atoms with E-state index in [2.05, 4.69) is 19.9 Å². The Labute approximate surface area is 164 Å². The van der Waals surface area contributed by atoms with Crippen molar-refractivity contribution >= 4 is 0 Å². The second-order valence-corrected chi connectivity index (χ2v) is 9.63. The quantitative estimate of drug-likeness (QED) is 0.339. The maximum atomic E-state index is 10.0. The van der Waals surface area contributed by atoms with E-state index < -0.39 is 0 Å². The molecule has 0 aromatic heterocycles. The Morgan fingerprint density at radius 3 is 1.77 bits per heavy atom. The van der Waals surface area contributed by atoms with E-state index in [0.29, 0.717) is 5.92 Å². The van der Waals surface area contributed by atoms with Gasteiger partial charge in [-0.05, 0) is 56.3 Å². The highest BCUT2D eigenvalue weighted by molar-refractivity contribution is 5.06. The highest BCUT2D eigenvalue weighted by Crippen LogP contribution is 2.51. The fourth-order valence-corrected chi connectivity index (χ4v) is 5.82. The van der Waals surface area contributed by atoms with Crippen LogP contribution in [0.3, 0.4) is 0 Å². The molecule has 2 aliphatic rings. The van der Waals surface area contributed by atoms with Crippen LogP contribution in [0, 0.1) is 34.5 Å². The minimum atomic E-state index is 0.0490. The van der Waals surface area contributed by atoms with Crippen LogP contribution in [0.2, 0.25) is 0 Å². The monoisotopic (exact) mass is 359 g/mol. The van der Waals surface area contributed by atoms with Crippen LogP contribution in [-0.4, -0.2) is 0 Å². The number of nitriles is 1. The maximum Gasteiger partial charge on any atom is 0.0692 e. The van der Waals surface area contributed by atoms with Crippen LogP contribution in [0.5, 0.6) is 0 Å². The molecule has 26 heavy (non-hydrogen) atoms. The van der Waals surface area contributed by atoms with Crippen LogP contribution in [0.15, 0.2) is 0 Å². The third-order valence-corrected chi connectivity index (χ3v) is 7.78. The normalized spacial score (nSPS) is 32.3. The van der Waals surface area contributed by atoms with E-state index in [4.69, 9.17) is 0 Å². The lowest BCUT2D eigenvalue weighted by Gasteiger charge is -2.43. The van der Waals surface area contributed by atoms with Crippen molar-refractivity contribution in [3.63, 3.8) is 0 Å². The number of nitrogens with zero attached hydrogens (tertiary/aromatic N) is 1. The first-order chi connectivity index (χ1) is 12.7. The summed E-state index contributed by atoms with van der Waals surface area (Å²) in [7, 11) is 0. The number of unbranched alkanes of at least 4 members (excludes halogenated alkanes) is 6. The van der Waals surface area contributed by atoms with Crippen molar-refractivity contribution < 1.29 is 0 Å². The standard InChI is InChI=1S/C25H45N/c1-3-5-7-8-10-12-22-13-15-24(16-14-22)25(21-26)19-17-23(18-20-25)11-9-6-4-2/h22-24H,3-20H2,1-2H3/t22?,23-,24?,25-. The zero-order chi connectivity index (χ0) is 18.7. The van der Waals surface area contributed by atoms with Gasteiger partial charge in [0.05, 0.1) is 11.5 Å². The predicted octanol–water partition coefficient (Wildman–Crippen LogP) is 8.43. The van der Waals surface area contributed by atoms with E-state index in [-0.39, 0.29) is 5.41 Å². The Balaban J connectivity index is 1.69. The summed E-state index contributed by atoms with van der Waals surface area (Å²) in [6.07, 6.45) is 24.6. The van der Waals surface area contributed by atoms with Gasteiger partial charge in [-0.2, -0.15) is 5.26 Å². The molecule has 0 heterocycles. The maximum absolute atomic E-state index is 10.0. The van der Waals surface area contributed by atoms with Gasteiger partial charge in [-0.1, -0.05) is 90.9 Å². The Morgan fingerprint density at radius 1 is 0.692 bits per heavy atom. The van der Waals surface area contributed by atoms with Gasteiger partial charge >= 0.3 is 0 Å². The number of rotatable bonds is 11. The summed E-state index contributed by atoms with van der Waals surface area (Å²) in [6.45, 7) is 4.59. The number of hydrogen-bond donors (Lipinski definition) is 0. The van der Waals surface area contributed by atoms with Crippen LogP contribution >= 0.6 is 0 Å². The van der Waals surface area contributed by atoms with Gasteiger partial charge < -0.3 is 0 Å². The molecule has 150 valence electrons. The number of hydrogen-bond acceptors (Lipinski definition) is 1. The van der Waals surface area contributed by atoms with Crippen molar-refractivity contribution in [3.05, 3.63) is 0 Å². The third-order valence-electron chi connectivity index (χ3n) is 7.78. The van der Waals surface area contributed by atoms with Crippen molar-refractivity contribution in [1.82, 2.24) is 0 Å². The first-order valence-electron chi connectivity index (χ1n) is 12.1. The molecule has 2 fully saturated rings.